The van der Waals surface area contributed by atoms with Gasteiger partial charge in [0.2, 0.25) is 41.4 Å². The summed E-state index contributed by atoms with van der Waals surface area (Å²) in [5.74, 6) is -6.73. The molecule has 0 saturated carbocycles. The van der Waals surface area contributed by atoms with Crippen LogP contribution in [0.5, 0.6) is 5.75 Å². The Kier molecular flexibility index (Phi) is 18.6. The Morgan fingerprint density at radius 2 is 1.03 bits per heavy atom. The fraction of sp³-hybridized carbons (Fsp3) is 0.447. The van der Waals surface area contributed by atoms with Gasteiger partial charge in [-0.25, -0.2) is 4.79 Å². The average Bonchev–Trinajstić information content (AvgIpc) is 3.14. The largest absolute Gasteiger partial charge is 0.508 e. The summed E-state index contributed by atoms with van der Waals surface area (Å²) < 4.78 is 5.26. The number of carboxylic acids is 1. The van der Waals surface area contributed by atoms with Gasteiger partial charge in [-0.15, -0.1) is 0 Å². The Bertz CT molecular complexity index is 1780. The molecule has 316 valence electrons. The number of carbonyl (C=O) groups is 9. The zero-order valence-corrected chi connectivity index (χ0v) is 33.1. The van der Waals surface area contributed by atoms with Gasteiger partial charge in [-0.2, -0.15) is 0 Å². The quantitative estimate of drug-likeness (QED) is 0.0731. The molecule has 0 bridgehead atoms. The molecule has 0 unspecified atom stereocenters. The van der Waals surface area contributed by atoms with Crippen molar-refractivity contribution < 1.29 is 58.1 Å². The van der Waals surface area contributed by atoms with Crippen LogP contribution >= 0.6 is 0 Å². The molecule has 0 radical (unpaired) electrons. The highest BCUT2D eigenvalue weighted by Gasteiger charge is 2.29. The van der Waals surface area contributed by atoms with E-state index in [0.717, 1.165) is 5.56 Å². The first-order valence-corrected chi connectivity index (χ1v) is 18.2. The Hall–Kier alpha value is -6.73. The van der Waals surface area contributed by atoms with Crippen molar-refractivity contribution in [1.29, 1.82) is 0 Å². The highest BCUT2D eigenvalue weighted by atomic mass is 16.6. The van der Waals surface area contributed by atoms with Crippen molar-refractivity contribution in [2.45, 2.75) is 90.2 Å². The summed E-state index contributed by atoms with van der Waals surface area (Å²) in [6.07, 6.45) is -0.825. The van der Waals surface area contributed by atoms with Crippen LogP contribution in [0.1, 0.15) is 52.7 Å². The van der Waals surface area contributed by atoms with Crippen LogP contribution < -0.4 is 42.5 Å². The Labute approximate surface area is 335 Å². The summed E-state index contributed by atoms with van der Waals surface area (Å²) in [4.78, 5) is 113. The van der Waals surface area contributed by atoms with E-state index >= 15 is 0 Å². The van der Waals surface area contributed by atoms with Crippen molar-refractivity contribution >= 4 is 53.4 Å². The maximum atomic E-state index is 13.2. The van der Waals surface area contributed by atoms with Crippen LogP contribution in [-0.2, 0) is 55.9 Å². The minimum Gasteiger partial charge on any atom is -0.508 e. The Morgan fingerprint density at radius 1 is 0.552 bits per heavy atom. The summed E-state index contributed by atoms with van der Waals surface area (Å²) in [6.45, 7) is 7.15. The average molecular weight is 813 g/mol. The van der Waals surface area contributed by atoms with Crippen LogP contribution in [0, 0.1) is 0 Å². The van der Waals surface area contributed by atoms with Crippen molar-refractivity contribution in [1.82, 2.24) is 42.5 Å². The van der Waals surface area contributed by atoms with Gasteiger partial charge in [0.05, 0.1) is 13.1 Å². The molecule has 8 amide bonds. The molecule has 20 nitrogen and oxygen atoms in total. The number of hydrogen-bond donors (Lipinski definition) is 10. The van der Waals surface area contributed by atoms with Gasteiger partial charge in [0.25, 0.3) is 0 Å². The van der Waals surface area contributed by atoms with E-state index in [1.54, 1.807) is 51.1 Å². The second kappa shape index (κ2) is 22.7. The van der Waals surface area contributed by atoms with Gasteiger partial charge >= 0.3 is 12.1 Å². The van der Waals surface area contributed by atoms with Crippen molar-refractivity contribution in [2.24, 2.45) is 0 Å². The van der Waals surface area contributed by atoms with Gasteiger partial charge < -0.3 is 57.5 Å². The minimum absolute atomic E-state index is 0.0414. The first-order valence-electron chi connectivity index (χ1n) is 18.2. The van der Waals surface area contributed by atoms with Crippen LogP contribution in [0.25, 0.3) is 0 Å². The van der Waals surface area contributed by atoms with E-state index in [0.29, 0.717) is 5.56 Å². The fourth-order valence-corrected chi connectivity index (χ4v) is 4.87. The zero-order chi connectivity index (χ0) is 43.6. The molecule has 2 aromatic rings. The molecule has 2 rings (SSSR count). The highest BCUT2D eigenvalue weighted by molar-refractivity contribution is 5.96. The molecule has 0 spiro atoms. The molecule has 2 aromatic carbocycles. The van der Waals surface area contributed by atoms with Crippen LogP contribution in [0.2, 0.25) is 0 Å². The monoisotopic (exact) mass is 812 g/mol. The third-order valence-corrected chi connectivity index (χ3v) is 7.86. The number of hydrogen-bond acceptors (Lipinski definition) is 11. The number of phenolic OH excluding ortho intramolecular Hbond substituents is 1. The topological polar surface area (TPSA) is 300 Å². The lowest BCUT2D eigenvalue weighted by atomic mass is 10.0. The number of alkyl carbamates (subject to hydrolysis) is 1. The molecule has 10 N–H and O–H groups in total. The van der Waals surface area contributed by atoms with Gasteiger partial charge in [-0.3, -0.25) is 38.4 Å². The number of carbonyl (C=O) groups excluding carboxylic acids is 8. The van der Waals surface area contributed by atoms with Crippen LogP contribution in [-0.4, -0.2) is 119 Å². The van der Waals surface area contributed by atoms with Crippen LogP contribution in [0.15, 0.2) is 54.6 Å². The van der Waals surface area contributed by atoms with E-state index in [4.69, 9.17) is 9.84 Å². The van der Waals surface area contributed by atoms with Gasteiger partial charge in [-0.05, 0) is 64.8 Å². The molecular weight excluding hydrogens is 760 g/mol. The number of phenols is 1. The number of nitrogens with one attached hydrogen (secondary N) is 8. The highest BCUT2D eigenvalue weighted by Crippen LogP contribution is 2.12. The van der Waals surface area contributed by atoms with Gasteiger partial charge in [0, 0.05) is 12.8 Å². The number of aromatic hydroxyl groups is 1. The predicted octanol–water partition coefficient (Wildman–Crippen LogP) is -1.50. The Balaban J connectivity index is 1.91. The predicted molar refractivity (Wildman–Crippen MR) is 207 cm³/mol. The third-order valence-electron chi connectivity index (χ3n) is 7.86. The van der Waals surface area contributed by atoms with E-state index in [1.807, 2.05) is 0 Å². The molecule has 20 heteroatoms. The van der Waals surface area contributed by atoms with Crippen LogP contribution in [0.4, 0.5) is 4.79 Å². The number of carboxylic acid groups (broad SMARTS) is 1. The first-order chi connectivity index (χ1) is 27.1. The second-order valence-corrected chi connectivity index (χ2v) is 14.2. The lowest BCUT2D eigenvalue weighted by Crippen LogP contribution is -2.57. The van der Waals surface area contributed by atoms with Gasteiger partial charge in [0.1, 0.15) is 48.1 Å². The molecule has 0 aliphatic rings. The summed E-state index contributed by atoms with van der Waals surface area (Å²) in [6, 6.07) is 8.61. The standard InChI is InChI=1S/C38H52N8O12/c1-21(32(52)41-20-31(50)51)44-36(56)28(17-25-12-14-26(47)15-13-25)45-34(54)23(3)43-33(53)22(2)42-30(49)19-39-29(48)18-40-35(55)27(16-24-10-8-7-9-11-24)46-37(57)58-38(4,5)6/h7-15,21-23,27-28,47H,16-20H2,1-6H3,(H,39,48)(H,40,55)(H,41,52)(H,42,49)(H,43,53)(H,44,56)(H,45,54)(H,46,57)(H,50,51)/t21-,22-,23-,27-,28-/m0/s1. The SMILES string of the molecule is C[C@H](NC(=O)CNC(=O)CNC(=O)[C@H](Cc1ccccc1)NC(=O)OC(C)(C)C)C(=O)N[C@@H](C)C(=O)N[C@@H](Cc1ccc(O)cc1)C(=O)N[C@@H](C)C(=O)NCC(=O)O. The van der Waals surface area contributed by atoms with Crippen molar-refractivity contribution in [3.63, 3.8) is 0 Å². The molecule has 0 saturated heterocycles. The summed E-state index contributed by atoms with van der Waals surface area (Å²) >= 11 is 0. The van der Waals surface area contributed by atoms with E-state index < -0.39 is 109 Å². The van der Waals surface area contributed by atoms with Crippen LogP contribution in [0.3, 0.4) is 0 Å². The van der Waals surface area contributed by atoms with E-state index in [2.05, 4.69) is 42.5 Å². The molecule has 0 fully saturated rings. The summed E-state index contributed by atoms with van der Waals surface area (Å²) in [5.41, 5.74) is 0.435. The molecule has 5 atom stereocenters. The van der Waals surface area contributed by atoms with E-state index in [1.165, 1.54) is 45.0 Å². The molecule has 0 aliphatic heterocycles. The number of amides is 8. The van der Waals surface area contributed by atoms with Gasteiger partial charge in [-0.1, -0.05) is 42.5 Å². The smallest absolute Gasteiger partial charge is 0.408 e. The lowest BCUT2D eigenvalue weighted by molar-refractivity contribution is -0.138. The maximum absolute atomic E-state index is 13.2. The molecule has 58 heavy (non-hydrogen) atoms. The zero-order valence-electron chi connectivity index (χ0n) is 33.1. The first kappa shape index (κ1) is 47.4. The van der Waals surface area contributed by atoms with Crippen molar-refractivity contribution in [3.05, 3.63) is 65.7 Å². The fourth-order valence-electron chi connectivity index (χ4n) is 4.87. The van der Waals surface area contributed by atoms with Crippen molar-refractivity contribution in [2.75, 3.05) is 19.6 Å². The maximum Gasteiger partial charge on any atom is 0.408 e. The molecule has 0 aliphatic carbocycles. The molecule has 0 aromatic heterocycles. The normalized spacial score (nSPS) is 13.4. The number of rotatable bonds is 20. The second-order valence-electron chi connectivity index (χ2n) is 14.2. The van der Waals surface area contributed by atoms with E-state index in [9.17, 15) is 48.3 Å². The molecule has 0 heterocycles. The summed E-state index contributed by atoms with van der Waals surface area (Å²) in [5, 5.41) is 37.5. The van der Waals surface area contributed by atoms with E-state index in [-0.39, 0.29) is 18.6 Å². The number of ether oxygens (including phenoxy) is 1. The molecular formula is C38H52N8O12. The Morgan fingerprint density at radius 3 is 1.62 bits per heavy atom. The van der Waals surface area contributed by atoms with Gasteiger partial charge in [0.15, 0.2) is 0 Å². The van der Waals surface area contributed by atoms with Crippen molar-refractivity contribution in [3.8, 4) is 5.75 Å². The third kappa shape index (κ3) is 18.3. The summed E-state index contributed by atoms with van der Waals surface area (Å²) in [7, 11) is 0. The number of aliphatic carboxylic acids is 1. The lowest BCUT2D eigenvalue weighted by Gasteiger charge is -2.24. The number of benzene rings is 2. The minimum atomic E-state index is -1.29.